The van der Waals surface area contributed by atoms with Crippen molar-refractivity contribution < 1.29 is 80.5 Å². The molecule has 10 aromatic carbocycles. The first-order valence-corrected chi connectivity index (χ1v) is 47.4. The van der Waals surface area contributed by atoms with Crippen LogP contribution in [0, 0.1) is 12.8 Å². The van der Waals surface area contributed by atoms with Gasteiger partial charge in [0, 0.05) is 104 Å². The third-order valence-electron chi connectivity index (χ3n) is 24.4. The highest BCUT2D eigenvalue weighted by atomic mass is 19.3. The van der Waals surface area contributed by atoms with Gasteiger partial charge in [-0.1, -0.05) is 200 Å². The molecule has 12 bridgehead atoms. The third kappa shape index (κ3) is 32.8. The predicted molar refractivity (Wildman–Crippen MR) is 530 cm³/mol. The molecule has 4 aliphatic heterocycles. The number of halogens is 2. The Morgan fingerprint density at radius 1 is 0.390 bits per heavy atom. The number of ether oxygens (including phenoxy) is 3. The molecule has 5 heterocycles. The summed E-state index contributed by atoms with van der Waals surface area (Å²) in [7, 11) is 2.02. The van der Waals surface area contributed by atoms with E-state index in [1.807, 2.05) is 232 Å². The Morgan fingerprint density at radius 2 is 0.766 bits per heavy atom. The summed E-state index contributed by atoms with van der Waals surface area (Å²) in [6.07, 6.45) is 4.55. The van der Waals surface area contributed by atoms with E-state index in [0.29, 0.717) is 79.3 Å². The molecular weight excluding hydrogens is 1790 g/mol. The Balaban J connectivity index is 0.000000178. The van der Waals surface area contributed by atoms with Crippen LogP contribution in [0.1, 0.15) is 118 Å². The molecule has 30 heteroatoms. The number of nitrogens with one attached hydrogen (secondary N) is 10. The fourth-order valence-electron chi connectivity index (χ4n) is 16.9. The first kappa shape index (κ1) is 103. The average molecular weight is 1910 g/mol. The van der Waals surface area contributed by atoms with Gasteiger partial charge in [-0.2, -0.15) is 0 Å². The molecule has 0 unspecified atom stereocenters. The maximum Gasteiger partial charge on any atom is 0.270 e. The van der Waals surface area contributed by atoms with Gasteiger partial charge in [0.1, 0.15) is 82.5 Å². The van der Waals surface area contributed by atoms with Crippen LogP contribution >= 0.6 is 0 Å². The monoisotopic (exact) mass is 1910 g/mol. The Morgan fingerprint density at radius 3 is 1.18 bits per heavy atom. The normalized spacial score (nSPS) is 19.3. The molecule has 732 valence electrons. The van der Waals surface area contributed by atoms with Gasteiger partial charge in [0.25, 0.3) is 11.8 Å². The topological polar surface area (TPSA) is 372 Å². The van der Waals surface area contributed by atoms with Crippen LogP contribution in [0.2, 0.25) is 0 Å². The number of aryl methyl sites for hydroxylation is 4. The van der Waals surface area contributed by atoms with E-state index < -0.39 is 114 Å². The number of aromatic nitrogens is 1. The molecule has 0 saturated carbocycles. The number of likely N-dealkylation sites (N-methyl/N-ethyl adjacent to an activating group) is 1. The molecule has 28 nitrogen and oxygen atoms in total. The number of fused-ring (bicyclic) bond motifs is 12. The van der Waals surface area contributed by atoms with Crippen LogP contribution in [-0.2, 0) is 117 Å². The summed E-state index contributed by atoms with van der Waals surface area (Å²) in [5.41, 5.74) is 9.69. The van der Waals surface area contributed by atoms with Gasteiger partial charge >= 0.3 is 0 Å². The van der Waals surface area contributed by atoms with Crippen LogP contribution < -0.4 is 67.4 Å². The lowest BCUT2D eigenvalue weighted by Crippen LogP contribution is -2.59. The largest absolute Gasteiger partial charge is 0.457 e. The molecule has 4 aliphatic rings. The summed E-state index contributed by atoms with van der Waals surface area (Å²) in [5, 5.41) is 28.0. The number of rotatable bonds is 20. The zero-order valence-electron chi connectivity index (χ0n) is 79.5. The molecular formula is C111H119F2N13O15. The van der Waals surface area contributed by atoms with Gasteiger partial charge in [0.15, 0.2) is 5.78 Å². The second-order valence-electron chi connectivity index (χ2n) is 36.0. The lowest BCUT2D eigenvalue weighted by Gasteiger charge is -2.35. The van der Waals surface area contributed by atoms with Gasteiger partial charge in [-0.3, -0.25) is 62.5 Å². The minimum Gasteiger partial charge on any atom is -0.457 e. The van der Waals surface area contributed by atoms with Gasteiger partial charge in [-0.25, -0.2) is 8.78 Å². The van der Waals surface area contributed by atoms with Gasteiger partial charge in [0.05, 0.1) is 12.6 Å². The van der Waals surface area contributed by atoms with E-state index in [4.69, 9.17) is 14.2 Å². The van der Waals surface area contributed by atoms with Crippen LogP contribution in [0.25, 0.3) is 0 Å². The summed E-state index contributed by atoms with van der Waals surface area (Å²) < 4.78 is 45.6. The number of ketones is 1. The SMILES string of the molecule is CC(=O)N[C@H]1Cc2cccc(c2)Oc2cccc(c2)C[C@@H](C(=O)NCC(C)(F)F)NC(=O)[C@H](CCc2ccccc2)CC1=O.CC(=O)N[C@H]1Cc2cccc(c2)Oc2cccc(c2)C[C@@H](C(=O)NCc2ccc(C)cc2)NC(=O)[C@H](CCc2ccccc2)NC1=O.CN1CCN(C(=O)[C@@H]2Cc3cccc(c3)Oc3cccc(c3)C[C@H](NC(=O)c3ccccn3)C(=O)N[C@@H](CCc3ccccc3)C(=O)N2)CC1. The Bertz CT molecular complexity index is 6150. The van der Waals surface area contributed by atoms with Crippen LogP contribution in [0.3, 0.4) is 0 Å². The van der Waals surface area contributed by atoms with Crippen molar-refractivity contribution in [3.8, 4) is 34.5 Å². The van der Waals surface area contributed by atoms with Gasteiger partial charge < -0.3 is 77.2 Å². The maximum absolute atomic E-state index is 14.2. The molecule has 1 saturated heterocycles. The highest BCUT2D eigenvalue weighted by molar-refractivity contribution is 5.99. The molecule has 1 fully saturated rings. The van der Waals surface area contributed by atoms with E-state index >= 15 is 0 Å². The van der Waals surface area contributed by atoms with Crippen molar-refractivity contribution in [3.05, 3.63) is 352 Å². The maximum atomic E-state index is 14.2. The first-order chi connectivity index (χ1) is 68.0. The van der Waals surface area contributed by atoms with Gasteiger partial charge in [-0.15, -0.1) is 0 Å². The highest BCUT2D eigenvalue weighted by Gasteiger charge is 2.37. The Labute approximate surface area is 819 Å². The van der Waals surface area contributed by atoms with E-state index in [9.17, 15) is 66.3 Å². The van der Waals surface area contributed by atoms with Gasteiger partial charge in [0.2, 0.25) is 59.1 Å². The Hall–Kier alpha value is -15.6. The molecule has 11 amide bonds. The van der Waals surface area contributed by atoms with Crippen LogP contribution in [0.4, 0.5) is 8.78 Å². The second-order valence-corrected chi connectivity index (χ2v) is 36.0. The number of nitrogens with zero attached hydrogens (tertiary/aromatic N) is 3. The number of benzene rings is 10. The lowest BCUT2D eigenvalue weighted by atomic mass is 9.89. The van der Waals surface area contributed by atoms with Crippen molar-refractivity contribution in [2.24, 2.45) is 5.92 Å². The number of hydrogen-bond donors (Lipinski definition) is 10. The zero-order chi connectivity index (χ0) is 99.7. The fraction of sp³-hybridized carbons (Fsp3) is 0.306. The van der Waals surface area contributed by atoms with E-state index in [1.54, 1.807) is 65.6 Å². The first-order valence-electron chi connectivity index (χ1n) is 47.4. The fourth-order valence-corrected chi connectivity index (χ4v) is 16.9. The van der Waals surface area contributed by atoms with E-state index in [1.165, 1.54) is 20.0 Å². The van der Waals surface area contributed by atoms with Crippen molar-refractivity contribution in [2.45, 2.75) is 172 Å². The summed E-state index contributed by atoms with van der Waals surface area (Å²) in [4.78, 5) is 170. The minimum atomic E-state index is -3.15. The quantitative estimate of drug-likeness (QED) is 0.0339. The van der Waals surface area contributed by atoms with Crippen molar-refractivity contribution >= 4 is 70.8 Å². The minimum absolute atomic E-state index is 0.00202. The third-order valence-corrected chi connectivity index (χ3v) is 24.4. The molecule has 9 atom stereocenters. The smallest absolute Gasteiger partial charge is 0.270 e. The number of piperazine rings is 1. The predicted octanol–water partition coefficient (Wildman–Crippen LogP) is 12.0. The zero-order valence-corrected chi connectivity index (χ0v) is 79.5. The number of hydrogen-bond acceptors (Lipinski definition) is 17. The Kier molecular flexibility index (Phi) is 36.9. The van der Waals surface area contributed by atoms with Crippen molar-refractivity contribution in [3.63, 3.8) is 0 Å². The number of pyridine rings is 1. The van der Waals surface area contributed by atoms with Gasteiger partial charge in [-0.05, 0) is 199 Å². The molecule has 15 rings (SSSR count). The summed E-state index contributed by atoms with van der Waals surface area (Å²) in [5.74, 6) is -6.27. The van der Waals surface area contributed by atoms with Crippen molar-refractivity contribution in [1.82, 2.24) is 68.0 Å². The van der Waals surface area contributed by atoms with E-state index in [-0.39, 0.29) is 100.0 Å². The number of carbonyl (C=O) groups excluding carboxylic acids is 12. The van der Waals surface area contributed by atoms with Crippen molar-refractivity contribution in [1.29, 1.82) is 0 Å². The molecule has 0 spiro atoms. The average Bonchev–Trinajstić information content (AvgIpc) is 0.821. The molecule has 1 aromatic heterocycles. The van der Waals surface area contributed by atoms with Crippen molar-refractivity contribution in [2.75, 3.05) is 39.8 Å². The van der Waals surface area contributed by atoms with Crippen LogP contribution in [0.15, 0.2) is 285 Å². The summed E-state index contributed by atoms with van der Waals surface area (Å²) in [6, 6.07) is 77.4. The second kappa shape index (κ2) is 50.7. The van der Waals surface area contributed by atoms with Crippen LogP contribution in [0.5, 0.6) is 34.5 Å². The van der Waals surface area contributed by atoms with E-state index in [2.05, 4.69) is 63.1 Å². The molecule has 11 aromatic rings. The molecule has 0 aliphatic carbocycles. The number of Topliss-reactive ketones (excluding diaryl/α,β-unsaturated/α-hetero) is 1. The summed E-state index contributed by atoms with van der Waals surface area (Å²) in [6.45, 7) is 7.31. The number of carbonyl (C=O) groups is 12. The lowest BCUT2D eigenvalue weighted by molar-refractivity contribution is -0.138. The molecule has 0 radical (unpaired) electrons. The van der Waals surface area contributed by atoms with Crippen LogP contribution in [-0.4, -0.2) is 180 Å². The number of amides is 11. The number of alkyl halides is 2. The molecule has 141 heavy (non-hydrogen) atoms. The summed E-state index contributed by atoms with van der Waals surface area (Å²) >= 11 is 0. The highest BCUT2D eigenvalue weighted by Crippen LogP contribution is 2.31. The molecule has 10 N–H and O–H groups in total. The van der Waals surface area contributed by atoms with E-state index in [0.717, 1.165) is 68.7 Å². The standard InChI is InChI=1S/C39H42N6O5.C38H40N4O5.C34H37F2N3O5/c1-44-19-21-45(22-20-44)39(49)35-26-29-12-8-14-31(24-29)50-30-13-7-11-28(23-30)25-34(42-36(46)32-15-5-6-18-40-32)38(48)41-33(37(47)43-35)17-16-27-9-3-2-4-10-27;1-25-14-16-28(17-15-25)24-39-36(44)34-22-29-10-6-12-31(20-29)47-32-13-7-11-30(21-32)23-35(40-26(2)43)38(46)41-33(37(45)42-34)19-18-27-8-4-3-5-9-27;1-22(40)38-29-18-24-10-6-12-27(16-24)44-28-13-7-11-25(17-28)19-30(33(43)37-21-34(2,35)36)39-32(42)26(20-31(29)41)15-14-23-8-4-3-5-9-23/h2-15,18,23-24,33-35H,16-17,19-22,25-26H2,1H3,(H,41,48)(H,42,46)(H,43,47);3-17,20-21,33-35H,18-19,22-24H2,1-2H3,(H,39,44)(H,40,43)(H,41,46)(H,42,45);3-13,16-17,26,29-30H,14-15,18-21H2,1-2H3,(H,37,43)(H,38,40)(H,39,42)/t2*33-,34-,35-;26-,29+,30+/m001/s1.